The van der Waals surface area contributed by atoms with Crippen molar-refractivity contribution in [1.29, 1.82) is 0 Å². The first kappa shape index (κ1) is 16.8. The van der Waals surface area contributed by atoms with E-state index < -0.39 is 0 Å². The summed E-state index contributed by atoms with van der Waals surface area (Å²) >= 11 is 3.18. The Hall–Kier alpha value is -1.63. The van der Waals surface area contributed by atoms with E-state index in [4.69, 9.17) is 9.72 Å². The van der Waals surface area contributed by atoms with Gasteiger partial charge in [0.25, 0.3) is 5.56 Å². The molecule has 0 saturated carbocycles. The Kier molecular flexibility index (Phi) is 4.92. The number of thiophene rings is 1. The van der Waals surface area contributed by atoms with Crippen LogP contribution in [-0.2, 0) is 11.3 Å². The standard InChI is InChI=1S/C19H20N2O2S2/c1-2-21-18(22)16-15(13-7-4-3-5-8-13)12-24-17(16)20-19(21)25-11-14-9-6-10-23-14/h3-5,7-8,12,14H,2,6,9-11H2,1H3/t14-/m0/s1. The highest BCUT2D eigenvalue weighted by atomic mass is 32.2. The number of hydrogen-bond donors (Lipinski definition) is 0. The first-order valence-corrected chi connectivity index (χ1v) is 10.5. The molecule has 25 heavy (non-hydrogen) atoms. The van der Waals surface area contributed by atoms with Crippen molar-refractivity contribution >= 4 is 33.3 Å². The largest absolute Gasteiger partial charge is 0.377 e. The van der Waals surface area contributed by atoms with Gasteiger partial charge in [0.2, 0.25) is 0 Å². The van der Waals surface area contributed by atoms with Gasteiger partial charge in [0.1, 0.15) is 4.83 Å². The minimum atomic E-state index is 0.0578. The quantitative estimate of drug-likeness (QED) is 0.491. The average Bonchev–Trinajstić information content (AvgIpc) is 3.30. The second-order valence-corrected chi connectivity index (χ2v) is 7.93. The highest BCUT2D eigenvalue weighted by molar-refractivity contribution is 7.99. The maximum atomic E-state index is 13.1. The van der Waals surface area contributed by atoms with E-state index in [-0.39, 0.29) is 11.7 Å². The lowest BCUT2D eigenvalue weighted by Gasteiger charge is -2.12. The van der Waals surface area contributed by atoms with Crippen LogP contribution < -0.4 is 5.56 Å². The number of thioether (sulfide) groups is 1. The van der Waals surface area contributed by atoms with Crippen LogP contribution in [0.5, 0.6) is 0 Å². The Labute approximate surface area is 154 Å². The molecule has 3 aromatic rings. The van der Waals surface area contributed by atoms with Gasteiger partial charge >= 0.3 is 0 Å². The van der Waals surface area contributed by atoms with Crippen LogP contribution in [0, 0.1) is 0 Å². The van der Waals surface area contributed by atoms with Gasteiger partial charge in [-0.15, -0.1) is 11.3 Å². The van der Waals surface area contributed by atoms with Crippen molar-refractivity contribution in [1.82, 2.24) is 9.55 Å². The second-order valence-electron chi connectivity index (χ2n) is 6.09. The number of ether oxygens (including phenoxy) is 1. The summed E-state index contributed by atoms with van der Waals surface area (Å²) < 4.78 is 7.49. The zero-order valence-electron chi connectivity index (χ0n) is 14.1. The van der Waals surface area contributed by atoms with Gasteiger partial charge in [-0.25, -0.2) is 4.98 Å². The predicted molar refractivity (Wildman–Crippen MR) is 105 cm³/mol. The summed E-state index contributed by atoms with van der Waals surface area (Å²) in [5.74, 6) is 0.856. The van der Waals surface area contributed by atoms with Crippen LogP contribution >= 0.6 is 23.1 Å². The van der Waals surface area contributed by atoms with E-state index in [0.717, 1.165) is 51.7 Å². The summed E-state index contributed by atoms with van der Waals surface area (Å²) in [5.41, 5.74) is 2.11. The molecular formula is C19H20N2O2S2. The van der Waals surface area contributed by atoms with Gasteiger partial charge in [-0.05, 0) is 25.3 Å². The molecular weight excluding hydrogens is 352 g/mol. The van der Waals surface area contributed by atoms with Crippen molar-refractivity contribution in [2.45, 2.75) is 37.6 Å². The molecule has 0 N–H and O–H groups in total. The molecule has 3 heterocycles. The van der Waals surface area contributed by atoms with E-state index in [1.54, 1.807) is 27.7 Å². The Morgan fingerprint density at radius 1 is 1.36 bits per heavy atom. The zero-order chi connectivity index (χ0) is 17.2. The molecule has 1 aliphatic rings. The summed E-state index contributed by atoms with van der Waals surface area (Å²) in [6, 6.07) is 10.1. The van der Waals surface area contributed by atoms with Gasteiger partial charge in [0.15, 0.2) is 5.16 Å². The molecule has 0 bridgehead atoms. The number of rotatable bonds is 5. The van der Waals surface area contributed by atoms with Crippen molar-refractivity contribution in [3.8, 4) is 11.1 Å². The van der Waals surface area contributed by atoms with Gasteiger partial charge in [-0.1, -0.05) is 42.1 Å². The number of nitrogens with zero attached hydrogens (tertiary/aromatic N) is 2. The molecule has 6 heteroatoms. The van der Waals surface area contributed by atoms with Crippen molar-refractivity contribution < 1.29 is 4.74 Å². The van der Waals surface area contributed by atoms with Crippen molar-refractivity contribution in [2.24, 2.45) is 0 Å². The third-order valence-corrected chi connectivity index (χ3v) is 6.46. The van der Waals surface area contributed by atoms with Crippen LogP contribution in [0.15, 0.2) is 45.7 Å². The fourth-order valence-corrected chi connectivity index (χ4v) is 5.29. The molecule has 130 valence electrons. The SMILES string of the molecule is CCn1c(SC[C@@H]2CCCO2)nc2scc(-c3ccccc3)c2c1=O. The van der Waals surface area contributed by atoms with Crippen LogP contribution in [0.4, 0.5) is 0 Å². The van der Waals surface area contributed by atoms with E-state index in [2.05, 4.69) is 0 Å². The summed E-state index contributed by atoms with van der Waals surface area (Å²) in [5, 5.41) is 3.58. The lowest BCUT2D eigenvalue weighted by atomic mass is 10.1. The first-order valence-electron chi connectivity index (χ1n) is 8.59. The fraction of sp³-hybridized carbons (Fsp3) is 0.368. The number of hydrogen-bond acceptors (Lipinski definition) is 5. The van der Waals surface area contributed by atoms with Gasteiger partial charge in [0, 0.05) is 29.8 Å². The average molecular weight is 373 g/mol. The molecule has 0 unspecified atom stereocenters. The highest BCUT2D eigenvalue weighted by Crippen LogP contribution is 2.32. The molecule has 1 aromatic carbocycles. The molecule has 0 amide bonds. The first-order chi connectivity index (χ1) is 12.3. The van der Waals surface area contributed by atoms with E-state index in [0.29, 0.717) is 6.54 Å². The summed E-state index contributed by atoms with van der Waals surface area (Å²) in [6.07, 6.45) is 2.51. The van der Waals surface area contributed by atoms with E-state index in [9.17, 15) is 4.79 Å². The smallest absolute Gasteiger partial charge is 0.263 e. The zero-order valence-corrected chi connectivity index (χ0v) is 15.7. The Morgan fingerprint density at radius 2 is 2.20 bits per heavy atom. The van der Waals surface area contributed by atoms with Crippen molar-refractivity contribution in [3.05, 3.63) is 46.1 Å². The van der Waals surface area contributed by atoms with Gasteiger partial charge in [-0.3, -0.25) is 9.36 Å². The summed E-state index contributed by atoms with van der Waals surface area (Å²) in [7, 11) is 0. The van der Waals surface area contributed by atoms with Crippen LogP contribution in [0.1, 0.15) is 19.8 Å². The van der Waals surface area contributed by atoms with Crippen LogP contribution in [-0.4, -0.2) is 28.0 Å². The molecule has 1 saturated heterocycles. The lowest BCUT2D eigenvalue weighted by Crippen LogP contribution is -2.23. The van der Waals surface area contributed by atoms with Crippen LogP contribution in [0.25, 0.3) is 21.3 Å². The minimum absolute atomic E-state index is 0.0578. The number of aromatic nitrogens is 2. The van der Waals surface area contributed by atoms with Gasteiger partial charge in [-0.2, -0.15) is 0 Å². The molecule has 0 radical (unpaired) electrons. The van der Waals surface area contributed by atoms with Crippen molar-refractivity contribution in [3.63, 3.8) is 0 Å². The van der Waals surface area contributed by atoms with Gasteiger partial charge in [0.05, 0.1) is 11.5 Å². The third-order valence-electron chi connectivity index (χ3n) is 4.48. The Morgan fingerprint density at radius 3 is 2.92 bits per heavy atom. The van der Waals surface area contributed by atoms with Crippen LogP contribution in [0.3, 0.4) is 0 Å². The van der Waals surface area contributed by atoms with E-state index in [1.165, 1.54) is 0 Å². The molecule has 2 aromatic heterocycles. The molecule has 0 spiro atoms. The fourth-order valence-electron chi connectivity index (χ4n) is 3.17. The van der Waals surface area contributed by atoms with Crippen molar-refractivity contribution in [2.75, 3.05) is 12.4 Å². The van der Waals surface area contributed by atoms with E-state index >= 15 is 0 Å². The molecule has 1 fully saturated rings. The molecule has 1 atom stereocenters. The third kappa shape index (κ3) is 3.26. The Bertz CT molecular complexity index is 928. The summed E-state index contributed by atoms with van der Waals surface area (Å²) in [6.45, 7) is 3.48. The lowest BCUT2D eigenvalue weighted by molar-refractivity contribution is 0.129. The van der Waals surface area contributed by atoms with Gasteiger partial charge < -0.3 is 4.74 Å². The second kappa shape index (κ2) is 7.32. The monoisotopic (exact) mass is 372 g/mol. The minimum Gasteiger partial charge on any atom is -0.377 e. The molecule has 1 aliphatic heterocycles. The topological polar surface area (TPSA) is 44.1 Å². The van der Waals surface area contributed by atoms with E-state index in [1.807, 2.05) is 42.6 Å². The number of benzene rings is 1. The predicted octanol–water partition coefficient (Wildman–Crippen LogP) is 4.42. The summed E-state index contributed by atoms with van der Waals surface area (Å²) in [4.78, 5) is 18.7. The van der Waals surface area contributed by atoms with Crippen LogP contribution in [0.2, 0.25) is 0 Å². The Balaban J connectivity index is 1.75. The maximum Gasteiger partial charge on any atom is 0.263 e. The normalized spacial score (nSPS) is 17.4. The number of fused-ring (bicyclic) bond motifs is 1. The highest BCUT2D eigenvalue weighted by Gasteiger charge is 2.20. The molecule has 4 nitrogen and oxygen atoms in total. The maximum absolute atomic E-state index is 13.1. The molecule has 4 rings (SSSR count). The molecule has 0 aliphatic carbocycles.